The van der Waals surface area contributed by atoms with Crippen molar-refractivity contribution in [2.45, 2.75) is 39.3 Å². The number of carbonyl (C=O) groups is 1. The number of carbonyl (C=O) groups excluding carboxylic acids is 1. The molecule has 5 nitrogen and oxygen atoms in total. The number of nitrogen functional groups attached to an aromatic ring is 1. The number of nitrogens with two attached hydrogens (primary N) is 1. The lowest BCUT2D eigenvalue weighted by atomic mass is 10.1. The van der Waals surface area contributed by atoms with Crippen LogP contribution >= 0.6 is 23.1 Å². The van der Waals surface area contributed by atoms with Gasteiger partial charge in [0.1, 0.15) is 10.7 Å². The maximum atomic E-state index is 12.1. The van der Waals surface area contributed by atoms with E-state index in [1.807, 2.05) is 34.0 Å². The van der Waals surface area contributed by atoms with Crippen molar-refractivity contribution >= 4 is 40.0 Å². The summed E-state index contributed by atoms with van der Waals surface area (Å²) in [7, 11) is 0. The highest BCUT2D eigenvalue weighted by Gasteiger charge is 2.20. The third-order valence-electron chi connectivity index (χ3n) is 2.14. The number of amides is 1. The van der Waals surface area contributed by atoms with Crippen LogP contribution in [0.5, 0.6) is 0 Å². The molecule has 7 heteroatoms. The van der Waals surface area contributed by atoms with Gasteiger partial charge in [-0.25, -0.2) is 4.98 Å². The molecule has 1 aromatic heterocycles. The number of rotatable bonds is 5. The van der Waals surface area contributed by atoms with Crippen LogP contribution in [0.25, 0.3) is 0 Å². The average molecular weight is 302 g/mol. The van der Waals surface area contributed by atoms with Crippen molar-refractivity contribution in [3.05, 3.63) is 4.88 Å². The van der Waals surface area contributed by atoms with Gasteiger partial charge in [-0.1, -0.05) is 11.3 Å². The highest BCUT2D eigenvalue weighted by atomic mass is 32.2. The normalized spacial score (nSPS) is 13.1. The first-order valence-corrected chi connectivity index (χ1v) is 8.28. The van der Waals surface area contributed by atoms with E-state index in [2.05, 4.69) is 15.6 Å². The van der Waals surface area contributed by atoms with Gasteiger partial charge in [0, 0.05) is 17.3 Å². The van der Waals surface area contributed by atoms with E-state index >= 15 is 0 Å². The highest BCUT2D eigenvalue weighted by molar-refractivity contribution is 7.98. The van der Waals surface area contributed by atoms with Gasteiger partial charge >= 0.3 is 0 Å². The molecular formula is C12H22N4OS2. The molecule has 19 heavy (non-hydrogen) atoms. The fourth-order valence-corrected chi connectivity index (χ4v) is 3.03. The maximum absolute atomic E-state index is 12.1. The van der Waals surface area contributed by atoms with Crippen molar-refractivity contribution in [1.29, 1.82) is 0 Å². The predicted octanol–water partition coefficient (Wildman–Crippen LogP) is 2.42. The molecule has 1 unspecified atom stereocenters. The van der Waals surface area contributed by atoms with Crippen molar-refractivity contribution in [2.75, 3.05) is 23.1 Å². The number of nitrogens with one attached hydrogen (secondary N) is 2. The first-order valence-electron chi connectivity index (χ1n) is 6.07. The molecule has 0 aliphatic rings. The largest absolute Gasteiger partial charge is 0.382 e. The van der Waals surface area contributed by atoms with E-state index in [1.165, 1.54) is 11.3 Å². The molecule has 0 bridgehead atoms. The van der Waals surface area contributed by atoms with E-state index in [1.54, 1.807) is 11.8 Å². The maximum Gasteiger partial charge on any atom is 0.265 e. The minimum Gasteiger partial charge on any atom is -0.382 e. The monoisotopic (exact) mass is 302 g/mol. The van der Waals surface area contributed by atoms with E-state index in [0.717, 1.165) is 5.75 Å². The van der Waals surface area contributed by atoms with Crippen molar-refractivity contribution in [1.82, 2.24) is 10.3 Å². The molecule has 1 aromatic rings. The van der Waals surface area contributed by atoms with E-state index < -0.39 is 0 Å². The Morgan fingerprint density at radius 2 is 2.16 bits per heavy atom. The zero-order valence-corrected chi connectivity index (χ0v) is 13.7. The Kier molecular flexibility index (Phi) is 5.49. The first-order chi connectivity index (χ1) is 8.73. The van der Waals surface area contributed by atoms with Crippen LogP contribution in [0, 0.1) is 0 Å². The van der Waals surface area contributed by atoms with Gasteiger partial charge in [0.05, 0.1) is 0 Å². The Hall–Kier alpha value is -0.950. The van der Waals surface area contributed by atoms with Crippen molar-refractivity contribution in [3.8, 4) is 0 Å². The van der Waals surface area contributed by atoms with Gasteiger partial charge in [-0.3, -0.25) is 4.79 Å². The molecule has 1 amide bonds. The number of hydrogen-bond donors (Lipinski definition) is 3. The topological polar surface area (TPSA) is 80.0 Å². The second kappa shape index (κ2) is 6.47. The molecule has 0 spiro atoms. The number of aromatic nitrogens is 1. The van der Waals surface area contributed by atoms with Crippen LogP contribution in [0.15, 0.2) is 0 Å². The molecule has 0 saturated carbocycles. The molecule has 0 saturated heterocycles. The van der Waals surface area contributed by atoms with Gasteiger partial charge in [0.15, 0.2) is 5.13 Å². The van der Waals surface area contributed by atoms with E-state index in [4.69, 9.17) is 5.73 Å². The second-order valence-electron chi connectivity index (χ2n) is 5.44. The minimum atomic E-state index is -0.154. The molecular weight excluding hydrogens is 280 g/mol. The summed E-state index contributed by atoms with van der Waals surface area (Å²) in [6, 6.07) is 0.114. The molecule has 1 atom stereocenters. The molecule has 108 valence electrons. The Labute approximate surface area is 122 Å². The van der Waals surface area contributed by atoms with Crippen LogP contribution in [-0.4, -0.2) is 34.5 Å². The number of nitrogens with zero attached hydrogens (tertiary/aromatic N) is 1. The van der Waals surface area contributed by atoms with Crippen LogP contribution in [0.4, 0.5) is 10.9 Å². The van der Waals surface area contributed by atoms with Crippen molar-refractivity contribution < 1.29 is 4.79 Å². The Bertz CT molecular complexity index is 439. The number of thiazole rings is 1. The van der Waals surface area contributed by atoms with Crippen molar-refractivity contribution in [3.63, 3.8) is 0 Å². The average Bonchev–Trinajstić information content (AvgIpc) is 2.56. The SMILES string of the molecule is CSCC(C)NC(=O)c1sc(NC(C)(C)C)nc1N. The second-order valence-corrected chi connectivity index (χ2v) is 7.35. The van der Waals surface area contributed by atoms with Gasteiger partial charge < -0.3 is 16.4 Å². The Morgan fingerprint density at radius 1 is 1.53 bits per heavy atom. The highest BCUT2D eigenvalue weighted by Crippen LogP contribution is 2.27. The summed E-state index contributed by atoms with van der Waals surface area (Å²) in [5.41, 5.74) is 5.70. The fourth-order valence-electron chi connectivity index (χ4n) is 1.45. The third kappa shape index (κ3) is 5.28. The molecule has 0 radical (unpaired) electrons. The molecule has 1 heterocycles. The molecule has 4 N–H and O–H groups in total. The van der Waals surface area contributed by atoms with Crippen LogP contribution in [0.2, 0.25) is 0 Å². The zero-order valence-electron chi connectivity index (χ0n) is 12.0. The molecule has 1 rings (SSSR count). The molecule has 0 fully saturated rings. The molecule has 0 aromatic carbocycles. The quantitative estimate of drug-likeness (QED) is 0.778. The first kappa shape index (κ1) is 16.1. The summed E-state index contributed by atoms with van der Waals surface area (Å²) in [6.45, 7) is 8.07. The van der Waals surface area contributed by atoms with Gasteiger partial charge in [-0.15, -0.1) is 0 Å². The van der Waals surface area contributed by atoms with Gasteiger partial charge in [0.25, 0.3) is 5.91 Å². The summed E-state index contributed by atoms with van der Waals surface area (Å²) >= 11 is 2.98. The van der Waals surface area contributed by atoms with Crippen LogP contribution in [-0.2, 0) is 0 Å². The standard InChI is InChI=1S/C12H22N4OS2/c1-7(6-18-5)14-10(17)8-9(13)15-11(19-8)16-12(2,3)4/h7H,6,13H2,1-5H3,(H,14,17)(H,15,16). The summed E-state index contributed by atoms with van der Waals surface area (Å²) in [6.07, 6.45) is 2.01. The van der Waals surface area contributed by atoms with Gasteiger partial charge in [-0.05, 0) is 34.0 Å². The minimum absolute atomic E-state index is 0.107. The van der Waals surface area contributed by atoms with Gasteiger partial charge in [-0.2, -0.15) is 11.8 Å². The third-order valence-corrected chi connectivity index (χ3v) is 3.95. The van der Waals surface area contributed by atoms with E-state index in [9.17, 15) is 4.79 Å². The summed E-state index contributed by atoms with van der Waals surface area (Å²) < 4.78 is 0. The zero-order chi connectivity index (χ0) is 14.6. The van der Waals surface area contributed by atoms with Crippen LogP contribution in [0.3, 0.4) is 0 Å². The number of anilines is 2. The summed E-state index contributed by atoms with van der Waals surface area (Å²) in [4.78, 5) is 16.7. The Balaban J connectivity index is 2.75. The Morgan fingerprint density at radius 3 is 2.68 bits per heavy atom. The van der Waals surface area contributed by atoms with Gasteiger partial charge in [0.2, 0.25) is 0 Å². The fraction of sp³-hybridized carbons (Fsp3) is 0.667. The molecule has 0 aliphatic carbocycles. The van der Waals surface area contributed by atoms with Crippen molar-refractivity contribution in [2.24, 2.45) is 0 Å². The van der Waals surface area contributed by atoms with Crippen LogP contribution < -0.4 is 16.4 Å². The number of thioether (sulfide) groups is 1. The summed E-state index contributed by atoms with van der Waals surface area (Å²) in [5.74, 6) is 1.00. The lowest BCUT2D eigenvalue weighted by molar-refractivity contribution is 0.0948. The molecule has 0 aliphatic heterocycles. The smallest absolute Gasteiger partial charge is 0.265 e. The lowest BCUT2D eigenvalue weighted by Gasteiger charge is -2.19. The predicted molar refractivity (Wildman–Crippen MR) is 85.2 cm³/mol. The lowest BCUT2D eigenvalue weighted by Crippen LogP contribution is -2.34. The van der Waals surface area contributed by atoms with E-state index in [0.29, 0.717) is 10.0 Å². The van der Waals surface area contributed by atoms with E-state index in [-0.39, 0.29) is 23.3 Å². The number of hydrogen-bond acceptors (Lipinski definition) is 6. The summed E-state index contributed by atoms with van der Waals surface area (Å²) in [5, 5.41) is 6.81. The van der Waals surface area contributed by atoms with Crippen LogP contribution in [0.1, 0.15) is 37.4 Å².